The van der Waals surface area contributed by atoms with Gasteiger partial charge in [-0.2, -0.15) is 0 Å². The predicted molar refractivity (Wildman–Crippen MR) is 93.0 cm³/mol. The number of phenols is 3. The van der Waals surface area contributed by atoms with Gasteiger partial charge in [-0.3, -0.25) is 0 Å². The van der Waals surface area contributed by atoms with Crippen molar-refractivity contribution in [1.29, 1.82) is 0 Å². The number of carbonyl (C=O) groups is 2. The van der Waals surface area contributed by atoms with Crippen LogP contribution >= 0.6 is 0 Å². The van der Waals surface area contributed by atoms with Crippen LogP contribution in [-0.2, 0) is 4.74 Å². The Labute approximate surface area is 150 Å². The molecule has 0 unspecified atom stereocenters. The first-order chi connectivity index (χ1) is 12.2. The highest BCUT2D eigenvalue weighted by atomic mass is 16.5. The number of hydrogen-bond donors (Lipinski definition) is 3. The summed E-state index contributed by atoms with van der Waals surface area (Å²) in [5.41, 5.74) is 0.756. The number of hydrogen-bond acceptors (Lipinski definition) is 7. The van der Waals surface area contributed by atoms with Crippen molar-refractivity contribution in [2.75, 3.05) is 6.61 Å². The van der Waals surface area contributed by atoms with E-state index in [9.17, 15) is 24.9 Å². The molecule has 0 saturated carbocycles. The van der Waals surface area contributed by atoms with Gasteiger partial charge >= 0.3 is 11.9 Å². The van der Waals surface area contributed by atoms with Gasteiger partial charge in [0.15, 0.2) is 0 Å². The number of rotatable bonds is 4. The van der Waals surface area contributed by atoms with Gasteiger partial charge in [-0.15, -0.1) is 0 Å². The van der Waals surface area contributed by atoms with E-state index in [1.165, 1.54) is 19.1 Å². The third kappa shape index (κ3) is 3.56. The minimum absolute atomic E-state index is 0.00239. The third-order valence-corrected chi connectivity index (χ3v) is 3.91. The summed E-state index contributed by atoms with van der Waals surface area (Å²) in [6.45, 7) is 6.38. The highest BCUT2D eigenvalue weighted by Gasteiger charge is 2.22. The van der Waals surface area contributed by atoms with Gasteiger partial charge in [0.2, 0.25) is 0 Å². The Kier molecular flexibility index (Phi) is 5.40. The Morgan fingerprint density at radius 2 is 1.50 bits per heavy atom. The van der Waals surface area contributed by atoms with Gasteiger partial charge in [-0.1, -0.05) is 0 Å². The Morgan fingerprint density at radius 1 is 0.885 bits per heavy atom. The average Bonchev–Trinajstić information content (AvgIpc) is 2.52. The molecule has 26 heavy (non-hydrogen) atoms. The van der Waals surface area contributed by atoms with Gasteiger partial charge in [0.05, 0.1) is 6.61 Å². The van der Waals surface area contributed by atoms with Crippen molar-refractivity contribution in [3.63, 3.8) is 0 Å². The fourth-order valence-electron chi connectivity index (χ4n) is 2.56. The SMILES string of the molecule is CCOC(=O)c1c(C)cc(OC(=O)c2c(C)cc(O)c(C)c2O)cc1O. The van der Waals surface area contributed by atoms with E-state index < -0.39 is 11.9 Å². The van der Waals surface area contributed by atoms with Crippen LogP contribution < -0.4 is 4.74 Å². The van der Waals surface area contributed by atoms with Crippen LogP contribution in [0.5, 0.6) is 23.0 Å². The summed E-state index contributed by atoms with van der Waals surface area (Å²) in [6, 6.07) is 3.87. The maximum absolute atomic E-state index is 12.4. The van der Waals surface area contributed by atoms with Crippen LogP contribution in [0.3, 0.4) is 0 Å². The molecule has 0 aliphatic rings. The lowest BCUT2D eigenvalue weighted by Crippen LogP contribution is -2.12. The van der Waals surface area contributed by atoms with Crippen LogP contribution in [0, 0.1) is 20.8 Å². The first-order valence-electron chi connectivity index (χ1n) is 7.92. The number of carbonyl (C=O) groups excluding carboxylic acids is 2. The highest BCUT2D eigenvalue weighted by molar-refractivity contribution is 5.97. The van der Waals surface area contributed by atoms with E-state index in [2.05, 4.69) is 0 Å². The molecule has 0 radical (unpaired) electrons. The molecule has 2 aromatic carbocycles. The summed E-state index contributed by atoms with van der Waals surface area (Å²) in [7, 11) is 0. The van der Waals surface area contributed by atoms with Gasteiger partial charge in [-0.05, 0) is 51.0 Å². The van der Waals surface area contributed by atoms with E-state index in [1.807, 2.05) is 0 Å². The molecule has 0 fully saturated rings. The van der Waals surface area contributed by atoms with Crippen molar-refractivity contribution in [2.45, 2.75) is 27.7 Å². The number of esters is 2. The highest BCUT2D eigenvalue weighted by Crippen LogP contribution is 2.34. The Balaban J connectivity index is 2.37. The fourth-order valence-corrected chi connectivity index (χ4v) is 2.56. The number of ether oxygens (including phenoxy) is 2. The summed E-state index contributed by atoms with van der Waals surface area (Å²) >= 11 is 0. The number of benzene rings is 2. The second-order valence-corrected chi connectivity index (χ2v) is 5.81. The lowest BCUT2D eigenvalue weighted by molar-refractivity contribution is 0.0522. The number of aryl methyl sites for hydroxylation is 2. The normalized spacial score (nSPS) is 10.5. The van der Waals surface area contributed by atoms with Crippen molar-refractivity contribution < 1.29 is 34.4 Å². The molecule has 0 aromatic heterocycles. The minimum Gasteiger partial charge on any atom is -0.508 e. The lowest BCUT2D eigenvalue weighted by atomic mass is 10.0. The van der Waals surface area contributed by atoms with Crippen LogP contribution in [-0.4, -0.2) is 33.9 Å². The van der Waals surface area contributed by atoms with Crippen LogP contribution in [0.4, 0.5) is 0 Å². The molecule has 2 rings (SSSR count). The quantitative estimate of drug-likeness (QED) is 0.567. The second-order valence-electron chi connectivity index (χ2n) is 5.81. The molecular weight excluding hydrogens is 340 g/mol. The van der Waals surface area contributed by atoms with Gasteiger partial charge in [0, 0.05) is 11.6 Å². The van der Waals surface area contributed by atoms with Crippen molar-refractivity contribution in [3.05, 3.63) is 46.0 Å². The molecule has 0 bridgehead atoms. The van der Waals surface area contributed by atoms with Crippen molar-refractivity contribution in [1.82, 2.24) is 0 Å². The molecule has 2 aromatic rings. The molecule has 0 saturated heterocycles. The summed E-state index contributed by atoms with van der Waals surface area (Å²) in [5, 5.41) is 29.9. The molecular formula is C19H20O7. The largest absolute Gasteiger partial charge is 0.508 e. The maximum Gasteiger partial charge on any atom is 0.347 e. The van der Waals surface area contributed by atoms with E-state index in [0.29, 0.717) is 11.1 Å². The van der Waals surface area contributed by atoms with Gasteiger partial charge in [-0.25, -0.2) is 9.59 Å². The van der Waals surface area contributed by atoms with Crippen LogP contribution in [0.2, 0.25) is 0 Å². The van der Waals surface area contributed by atoms with E-state index in [1.54, 1.807) is 20.8 Å². The second kappa shape index (κ2) is 7.35. The molecule has 138 valence electrons. The molecule has 0 amide bonds. The topological polar surface area (TPSA) is 113 Å². The standard InChI is InChI=1S/C19H20O7/c1-5-25-18(23)15-9(2)6-12(8-14(15)21)26-19(24)16-10(3)7-13(20)11(4)17(16)22/h6-8,20-22H,5H2,1-4H3. The zero-order chi connectivity index (χ0) is 19.6. The third-order valence-electron chi connectivity index (χ3n) is 3.91. The van der Waals surface area contributed by atoms with E-state index in [-0.39, 0.29) is 46.3 Å². The molecule has 7 nitrogen and oxygen atoms in total. The molecule has 0 heterocycles. The summed E-state index contributed by atoms with van der Waals surface area (Å²) < 4.78 is 10.1. The lowest BCUT2D eigenvalue weighted by Gasteiger charge is -2.13. The Hall–Kier alpha value is -3.22. The molecule has 0 aliphatic heterocycles. The van der Waals surface area contributed by atoms with E-state index in [4.69, 9.17) is 9.47 Å². The van der Waals surface area contributed by atoms with Gasteiger partial charge in [0.1, 0.15) is 34.1 Å². The maximum atomic E-state index is 12.4. The summed E-state index contributed by atoms with van der Waals surface area (Å²) in [4.78, 5) is 24.3. The predicted octanol–water partition coefficient (Wildman–Crippen LogP) is 3.12. The Bertz CT molecular complexity index is 861. The fraction of sp³-hybridized carbons (Fsp3) is 0.263. The van der Waals surface area contributed by atoms with Crippen molar-refractivity contribution >= 4 is 11.9 Å². The molecule has 0 aliphatic carbocycles. The number of phenolic OH excluding ortho intramolecular Hbond substituents is 3. The Morgan fingerprint density at radius 3 is 2.08 bits per heavy atom. The van der Waals surface area contributed by atoms with Gasteiger partial charge < -0.3 is 24.8 Å². The summed E-state index contributed by atoms with van der Waals surface area (Å²) in [5.74, 6) is -2.43. The monoisotopic (exact) mass is 360 g/mol. The zero-order valence-corrected chi connectivity index (χ0v) is 14.9. The van der Waals surface area contributed by atoms with Crippen LogP contribution in [0.1, 0.15) is 44.3 Å². The summed E-state index contributed by atoms with van der Waals surface area (Å²) in [6.07, 6.45) is 0. The minimum atomic E-state index is -0.856. The number of aromatic hydroxyl groups is 3. The molecule has 7 heteroatoms. The van der Waals surface area contributed by atoms with E-state index in [0.717, 1.165) is 6.07 Å². The van der Waals surface area contributed by atoms with Crippen molar-refractivity contribution in [3.8, 4) is 23.0 Å². The van der Waals surface area contributed by atoms with E-state index >= 15 is 0 Å². The molecule has 3 N–H and O–H groups in total. The smallest absolute Gasteiger partial charge is 0.347 e. The van der Waals surface area contributed by atoms with Crippen molar-refractivity contribution in [2.24, 2.45) is 0 Å². The first-order valence-corrected chi connectivity index (χ1v) is 7.92. The average molecular weight is 360 g/mol. The molecule has 0 atom stereocenters. The molecule has 0 spiro atoms. The zero-order valence-electron chi connectivity index (χ0n) is 14.9. The first kappa shape index (κ1) is 19.1. The van der Waals surface area contributed by atoms with Crippen LogP contribution in [0.15, 0.2) is 18.2 Å². The van der Waals surface area contributed by atoms with Crippen LogP contribution in [0.25, 0.3) is 0 Å². The van der Waals surface area contributed by atoms with Gasteiger partial charge in [0.25, 0.3) is 0 Å².